The quantitative estimate of drug-likeness (QED) is 0.850. The van der Waals surface area contributed by atoms with E-state index in [-0.39, 0.29) is 25.0 Å². The molecule has 1 N–H and O–H groups in total. The standard InChI is InChI=1S/C13H18O3.Zn/c1-8-6-9(2)11(16-13(3,4)5)10(7-8)12(14)15;/h6-7H,1-5H3,(H,14,15);. The van der Waals surface area contributed by atoms with Crippen molar-refractivity contribution < 1.29 is 34.1 Å². The molecule has 0 bridgehead atoms. The first-order chi connectivity index (χ1) is 7.20. The van der Waals surface area contributed by atoms with Crippen molar-refractivity contribution >= 4 is 5.97 Å². The molecule has 90 valence electrons. The van der Waals surface area contributed by atoms with Crippen LogP contribution in [0.1, 0.15) is 42.3 Å². The van der Waals surface area contributed by atoms with Gasteiger partial charge < -0.3 is 9.84 Å². The Labute approximate surface area is 115 Å². The van der Waals surface area contributed by atoms with Gasteiger partial charge in [0, 0.05) is 19.5 Å². The second-order valence-corrected chi connectivity index (χ2v) is 4.98. The minimum absolute atomic E-state index is 0. The third kappa shape index (κ3) is 4.47. The summed E-state index contributed by atoms with van der Waals surface area (Å²) in [5.74, 6) is -0.489. The zero-order chi connectivity index (χ0) is 12.5. The summed E-state index contributed by atoms with van der Waals surface area (Å²) in [6.45, 7) is 9.44. The Morgan fingerprint density at radius 3 is 2.18 bits per heavy atom. The molecule has 1 aromatic carbocycles. The van der Waals surface area contributed by atoms with Crippen LogP contribution in [0.2, 0.25) is 0 Å². The summed E-state index contributed by atoms with van der Waals surface area (Å²) in [4.78, 5) is 11.1. The molecule has 3 nitrogen and oxygen atoms in total. The summed E-state index contributed by atoms with van der Waals surface area (Å²) in [6.07, 6.45) is 0. The van der Waals surface area contributed by atoms with Crippen LogP contribution < -0.4 is 4.74 Å². The largest absolute Gasteiger partial charge is 0.487 e. The van der Waals surface area contributed by atoms with Gasteiger partial charge in [-0.3, -0.25) is 0 Å². The van der Waals surface area contributed by atoms with Crippen molar-refractivity contribution in [2.24, 2.45) is 0 Å². The number of aryl methyl sites for hydroxylation is 2. The van der Waals surface area contributed by atoms with Crippen LogP contribution in [0.15, 0.2) is 12.1 Å². The Kier molecular flexibility index (Phi) is 5.34. The van der Waals surface area contributed by atoms with E-state index in [2.05, 4.69) is 0 Å². The first-order valence-corrected chi connectivity index (χ1v) is 5.24. The van der Waals surface area contributed by atoms with E-state index in [0.29, 0.717) is 5.75 Å². The van der Waals surface area contributed by atoms with Gasteiger partial charge in [-0.1, -0.05) is 6.07 Å². The zero-order valence-corrected chi connectivity index (χ0v) is 14.1. The molecule has 0 atom stereocenters. The van der Waals surface area contributed by atoms with Gasteiger partial charge in [-0.25, -0.2) is 4.79 Å². The Morgan fingerprint density at radius 1 is 1.24 bits per heavy atom. The molecule has 0 aliphatic rings. The molecule has 0 aliphatic heterocycles. The number of carboxylic acid groups (broad SMARTS) is 1. The van der Waals surface area contributed by atoms with E-state index in [1.54, 1.807) is 6.07 Å². The average molecular weight is 288 g/mol. The zero-order valence-electron chi connectivity index (χ0n) is 11.1. The molecule has 17 heavy (non-hydrogen) atoms. The molecule has 1 aromatic rings. The number of carboxylic acids is 1. The fourth-order valence-corrected chi connectivity index (χ4v) is 1.55. The SMILES string of the molecule is Cc1cc(C)c(OC(C)(C)C)c(C(=O)O)c1.[Zn]. The molecule has 0 saturated carbocycles. The molecular weight excluding hydrogens is 270 g/mol. The van der Waals surface area contributed by atoms with Gasteiger partial charge in [0.1, 0.15) is 16.9 Å². The number of ether oxygens (including phenoxy) is 1. The van der Waals surface area contributed by atoms with Crippen LogP contribution in [0.3, 0.4) is 0 Å². The Bertz CT molecular complexity index is 419. The molecule has 0 radical (unpaired) electrons. The molecule has 0 aromatic heterocycles. The summed E-state index contributed by atoms with van der Waals surface area (Å²) in [6, 6.07) is 3.56. The van der Waals surface area contributed by atoms with E-state index in [4.69, 9.17) is 9.84 Å². The minimum Gasteiger partial charge on any atom is -0.487 e. The van der Waals surface area contributed by atoms with Crippen LogP contribution >= 0.6 is 0 Å². The van der Waals surface area contributed by atoms with Gasteiger partial charge in [-0.05, 0) is 51.8 Å². The molecule has 0 aliphatic carbocycles. The van der Waals surface area contributed by atoms with E-state index in [1.165, 1.54) is 0 Å². The van der Waals surface area contributed by atoms with Crippen molar-refractivity contribution in [2.45, 2.75) is 40.2 Å². The van der Waals surface area contributed by atoms with Gasteiger partial charge in [0.25, 0.3) is 0 Å². The maximum atomic E-state index is 11.1. The summed E-state index contributed by atoms with van der Waals surface area (Å²) in [5.41, 5.74) is 1.61. The Morgan fingerprint density at radius 2 is 1.76 bits per heavy atom. The molecule has 0 saturated heterocycles. The fraction of sp³-hybridized carbons (Fsp3) is 0.462. The topological polar surface area (TPSA) is 46.5 Å². The van der Waals surface area contributed by atoms with Crippen LogP contribution in [0.25, 0.3) is 0 Å². The average Bonchev–Trinajstić information content (AvgIpc) is 2.07. The third-order valence-corrected chi connectivity index (χ3v) is 2.06. The predicted molar refractivity (Wildman–Crippen MR) is 63.3 cm³/mol. The molecular formula is C13H18O3Zn. The number of carbonyl (C=O) groups is 1. The first-order valence-electron chi connectivity index (χ1n) is 5.24. The monoisotopic (exact) mass is 286 g/mol. The van der Waals surface area contributed by atoms with Crippen LogP contribution in [0, 0.1) is 13.8 Å². The minimum atomic E-state index is -0.953. The smallest absolute Gasteiger partial charge is 0.339 e. The van der Waals surface area contributed by atoms with Crippen molar-refractivity contribution in [3.05, 3.63) is 28.8 Å². The second kappa shape index (κ2) is 5.64. The normalized spacial score (nSPS) is 10.6. The van der Waals surface area contributed by atoms with Crippen molar-refractivity contribution in [3.63, 3.8) is 0 Å². The van der Waals surface area contributed by atoms with Gasteiger partial charge in [0.05, 0.1) is 0 Å². The summed E-state index contributed by atoms with van der Waals surface area (Å²) < 4.78 is 5.70. The maximum absolute atomic E-state index is 11.1. The van der Waals surface area contributed by atoms with Gasteiger partial charge in [0.15, 0.2) is 0 Å². The van der Waals surface area contributed by atoms with Gasteiger partial charge in [0.2, 0.25) is 0 Å². The Hall–Kier alpha value is -0.887. The molecule has 1 rings (SSSR count). The predicted octanol–water partition coefficient (Wildman–Crippen LogP) is 3.18. The molecule has 0 amide bonds. The van der Waals surface area contributed by atoms with Crippen LogP contribution in [-0.4, -0.2) is 16.7 Å². The van der Waals surface area contributed by atoms with Crippen molar-refractivity contribution in [2.75, 3.05) is 0 Å². The Balaban J connectivity index is 0.00000256. The van der Waals surface area contributed by atoms with E-state index in [9.17, 15) is 4.79 Å². The van der Waals surface area contributed by atoms with Gasteiger partial charge >= 0.3 is 5.97 Å². The fourth-order valence-electron chi connectivity index (χ4n) is 1.55. The summed E-state index contributed by atoms with van der Waals surface area (Å²) >= 11 is 0. The number of hydrogen-bond donors (Lipinski definition) is 1. The first kappa shape index (κ1) is 16.1. The molecule has 4 heteroatoms. The second-order valence-electron chi connectivity index (χ2n) is 4.98. The molecule has 0 heterocycles. The van der Waals surface area contributed by atoms with Crippen molar-refractivity contribution in [1.82, 2.24) is 0 Å². The maximum Gasteiger partial charge on any atom is 0.339 e. The number of benzene rings is 1. The van der Waals surface area contributed by atoms with Crippen molar-refractivity contribution in [1.29, 1.82) is 0 Å². The number of rotatable bonds is 2. The van der Waals surface area contributed by atoms with Crippen LogP contribution in [0.4, 0.5) is 0 Å². The van der Waals surface area contributed by atoms with Gasteiger partial charge in [-0.15, -0.1) is 0 Å². The third-order valence-electron chi connectivity index (χ3n) is 2.06. The van der Waals surface area contributed by atoms with Gasteiger partial charge in [-0.2, -0.15) is 0 Å². The molecule has 0 fully saturated rings. The van der Waals surface area contributed by atoms with E-state index in [0.717, 1.165) is 11.1 Å². The molecule has 0 spiro atoms. The number of aromatic carboxylic acids is 1. The van der Waals surface area contributed by atoms with Crippen LogP contribution in [0.5, 0.6) is 5.75 Å². The van der Waals surface area contributed by atoms with Crippen molar-refractivity contribution in [3.8, 4) is 5.75 Å². The molecule has 0 unspecified atom stereocenters. The number of hydrogen-bond acceptors (Lipinski definition) is 2. The van der Waals surface area contributed by atoms with E-state index < -0.39 is 11.6 Å². The summed E-state index contributed by atoms with van der Waals surface area (Å²) in [7, 11) is 0. The van der Waals surface area contributed by atoms with E-state index >= 15 is 0 Å². The van der Waals surface area contributed by atoms with Crippen LogP contribution in [-0.2, 0) is 19.5 Å². The van der Waals surface area contributed by atoms with E-state index in [1.807, 2.05) is 40.7 Å². The summed E-state index contributed by atoms with van der Waals surface area (Å²) in [5, 5.41) is 9.13.